The molecule has 3 rings (SSSR count). The molecule has 0 aliphatic rings. The SMILES string of the molecule is Nc1cc2c(nnc3ccccc32)c(N)n1. The van der Waals surface area contributed by atoms with Crippen molar-refractivity contribution in [3.05, 3.63) is 30.3 Å². The van der Waals surface area contributed by atoms with Gasteiger partial charge in [-0.25, -0.2) is 4.98 Å². The van der Waals surface area contributed by atoms with Gasteiger partial charge in [0.05, 0.1) is 5.52 Å². The molecule has 5 nitrogen and oxygen atoms in total. The maximum Gasteiger partial charge on any atom is 0.154 e. The molecule has 0 saturated heterocycles. The number of fused-ring (bicyclic) bond motifs is 3. The fraction of sp³-hybridized carbons (Fsp3) is 0. The molecule has 0 atom stereocenters. The van der Waals surface area contributed by atoms with Gasteiger partial charge in [0.25, 0.3) is 0 Å². The Balaban J connectivity index is 2.59. The Kier molecular flexibility index (Phi) is 1.67. The molecule has 5 heteroatoms. The number of pyridine rings is 1. The normalized spacial score (nSPS) is 11.0. The first-order valence-electron chi connectivity index (χ1n) is 4.83. The molecule has 0 amide bonds. The average molecular weight is 211 g/mol. The van der Waals surface area contributed by atoms with Crippen molar-refractivity contribution < 1.29 is 0 Å². The first-order chi connectivity index (χ1) is 7.75. The van der Waals surface area contributed by atoms with Crippen LogP contribution in [0.3, 0.4) is 0 Å². The molecule has 2 aromatic heterocycles. The molecule has 3 aromatic rings. The molecule has 0 unspecified atom stereocenters. The maximum atomic E-state index is 5.75. The minimum absolute atomic E-state index is 0.313. The molecule has 0 aliphatic carbocycles. The van der Waals surface area contributed by atoms with Gasteiger partial charge in [0.1, 0.15) is 11.3 Å². The summed E-state index contributed by atoms with van der Waals surface area (Å²) >= 11 is 0. The van der Waals surface area contributed by atoms with Gasteiger partial charge in [0.15, 0.2) is 5.82 Å². The van der Waals surface area contributed by atoms with Crippen molar-refractivity contribution in [1.82, 2.24) is 15.2 Å². The molecular weight excluding hydrogens is 202 g/mol. The van der Waals surface area contributed by atoms with Crippen molar-refractivity contribution in [3.8, 4) is 0 Å². The first-order valence-corrected chi connectivity index (χ1v) is 4.83. The third-order valence-electron chi connectivity index (χ3n) is 2.49. The Labute approximate surface area is 91.1 Å². The van der Waals surface area contributed by atoms with Crippen molar-refractivity contribution in [3.63, 3.8) is 0 Å². The monoisotopic (exact) mass is 211 g/mol. The lowest BCUT2D eigenvalue weighted by Crippen LogP contribution is -1.99. The molecule has 0 fully saturated rings. The van der Waals surface area contributed by atoms with E-state index >= 15 is 0 Å². The molecule has 78 valence electrons. The van der Waals surface area contributed by atoms with Crippen LogP contribution in [0.1, 0.15) is 0 Å². The lowest BCUT2D eigenvalue weighted by molar-refractivity contribution is 1.12. The standard InChI is InChI=1S/C11H9N5/c12-9-5-7-6-3-1-2-4-8(6)15-16-10(7)11(13)14-9/h1-5H,(H4,12,13,14). The molecule has 0 radical (unpaired) electrons. The van der Waals surface area contributed by atoms with Crippen LogP contribution in [0.2, 0.25) is 0 Å². The van der Waals surface area contributed by atoms with Crippen LogP contribution >= 0.6 is 0 Å². The van der Waals surface area contributed by atoms with Crippen LogP contribution in [0, 0.1) is 0 Å². The predicted molar refractivity (Wildman–Crippen MR) is 63.7 cm³/mol. The molecule has 16 heavy (non-hydrogen) atoms. The minimum Gasteiger partial charge on any atom is -0.384 e. The summed E-state index contributed by atoms with van der Waals surface area (Å²) in [6.07, 6.45) is 0. The summed E-state index contributed by atoms with van der Waals surface area (Å²) in [5.74, 6) is 0.705. The van der Waals surface area contributed by atoms with E-state index in [0.717, 1.165) is 16.3 Å². The predicted octanol–water partition coefficient (Wildman–Crippen LogP) is 1.34. The Bertz CT molecular complexity index is 692. The van der Waals surface area contributed by atoms with Gasteiger partial charge in [-0.05, 0) is 12.1 Å². The summed E-state index contributed by atoms with van der Waals surface area (Å²) < 4.78 is 0. The fourth-order valence-corrected chi connectivity index (χ4v) is 1.78. The largest absolute Gasteiger partial charge is 0.384 e. The second-order valence-electron chi connectivity index (χ2n) is 3.55. The van der Waals surface area contributed by atoms with Crippen molar-refractivity contribution in [2.75, 3.05) is 11.5 Å². The Hall–Kier alpha value is -2.43. The van der Waals surface area contributed by atoms with Crippen LogP contribution < -0.4 is 11.5 Å². The highest BCUT2D eigenvalue weighted by atomic mass is 15.1. The summed E-state index contributed by atoms with van der Waals surface area (Å²) in [5, 5.41) is 10.0. The van der Waals surface area contributed by atoms with Crippen molar-refractivity contribution in [2.24, 2.45) is 0 Å². The van der Waals surface area contributed by atoms with Crippen LogP contribution in [0.25, 0.3) is 21.8 Å². The molecular formula is C11H9N5. The molecule has 2 heterocycles. The minimum atomic E-state index is 0.313. The summed E-state index contributed by atoms with van der Waals surface area (Å²) in [4.78, 5) is 3.96. The Morgan fingerprint density at radius 2 is 1.75 bits per heavy atom. The van der Waals surface area contributed by atoms with E-state index in [0.29, 0.717) is 17.2 Å². The van der Waals surface area contributed by atoms with Gasteiger partial charge in [-0.2, -0.15) is 0 Å². The third kappa shape index (κ3) is 1.15. The number of rotatable bonds is 0. The fourth-order valence-electron chi connectivity index (χ4n) is 1.78. The highest BCUT2D eigenvalue weighted by Gasteiger charge is 2.07. The lowest BCUT2D eigenvalue weighted by Gasteiger charge is -2.04. The smallest absolute Gasteiger partial charge is 0.154 e. The highest BCUT2D eigenvalue weighted by Crippen LogP contribution is 2.25. The van der Waals surface area contributed by atoms with E-state index in [1.165, 1.54) is 0 Å². The van der Waals surface area contributed by atoms with Crippen molar-refractivity contribution in [2.45, 2.75) is 0 Å². The number of hydrogen-bond donors (Lipinski definition) is 2. The number of hydrogen-bond acceptors (Lipinski definition) is 5. The topological polar surface area (TPSA) is 90.7 Å². The van der Waals surface area contributed by atoms with Gasteiger partial charge in [-0.1, -0.05) is 18.2 Å². The number of anilines is 2. The average Bonchev–Trinajstić information content (AvgIpc) is 2.28. The van der Waals surface area contributed by atoms with E-state index in [1.807, 2.05) is 24.3 Å². The van der Waals surface area contributed by atoms with Crippen LogP contribution in [-0.4, -0.2) is 15.2 Å². The number of nitrogens with zero attached hydrogens (tertiary/aromatic N) is 3. The zero-order valence-corrected chi connectivity index (χ0v) is 8.38. The number of nitrogens with two attached hydrogens (primary N) is 2. The van der Waals surface area contributed by atoms with E-state index in [9.17, 15) is 0 Å². The van der Waals surface area contributed by atoms with Crippen LogP contribution in [0.5, 0.6) is 0 Å². The van der Waals surface area contributed by atoms with Crippen LogP contribution in [0.4, 0.5) is 11.6 Å². The third-order valence-corrected chi connectivity index (χ3v) is 2.49. The number of aromatic nitrogens is 3. The Morgan fingerprint density at radius 1 is 0.938 bits per heavy atom. The maximum absolute atomic E-state index is 5.75. The molecule has 0 spiro atoms. The van der Waals surface area contributed by atoms with Crippen LogP contribution in [0.15, 0.2) is 30.3 Å². The lowest BCUT2D eigenvalue weighted by atomic mass is 10.1. The zero-order valence-electron chi connectivity index (χ0n) is 8.38. The number of nitrogen functional groups attached to an aromatic ring is 2. The molecule has 0 bridgehead atoms. The first kappa shape index (κ1) is 8.84. The molecule has 0 aliphatic heterocycles. The van der Waals surface area contributed by atoms with Crippen molar-refractivity contribution in [1.29, 1.82) is 0 Å². The zero-order chi connectivity index (χ0) is 11.1. The van der Waals surface area contributed by atoms with E-state index in [2.05, 4.69) is 15.2 Å². The second-order valence-corrected chi connectivity index (χ2v) is 3.55. The van der Waals surface area contributed by atoms with Crippen molar-refractivity contribution >= 4 is 33.4 Å². The molecule has 0 saturated carbocycles. The van der Waals surface area contributed by atoms with E-state index in [1.54, 1.807) is 6.07 Å². The number of benzene rings is 1. The van der Waals surface area contributed by atoms with Crippen LogP contribution in [-0.2, 0) is 0 Å². The van der Waals surface area contributed by atoms with Gasteiger partial charge in [-0.15, -0.1) is 10.2 Å². The van der Waals surface area contributed by atoms with Gasteiger partial charge in [0, 0.05) is 10.8 Å². The van der Waals surface area contributed by atoms with E-state index in [4.69, 9.17) is 11.5 Å². The molecule has 4 N–H and O–H groups in total. The Morgan fingerprint density at radius 3 is 2.62 bits per heavy atom. The second kappa shape index (κ2) is 3.03. The van der Waals surface area contributed by atoms with Gasteiger partial charge < -0.3 is 11.5 Å². The highest BCUT2D eigenvalue weighted by molar-refractivity contribution is 6.07. The van der Waals surface area contributed by atoms with E-state index in [-0.39, 0.29) is 0 Å². The quantitative estimate of drug-likeness (QED) is 0.547. The van der Waals surface area contributed by atoms with Gasteiger partial charge in [-0.3, -0.25) is 0 Å². The summed E-state index contributed by atoms with van der Waals surface area (Å²) in [7, 11) is 0. The molecule has 1 aromatic carbocycles. The van der Waals surface area contributed by atoms with Gasteiger partial charge in [0.2, 0.25) is 0 Å². The summed E-state index contributed by atoms with van der Waals surface area (Å²) in [6.45, 7) is 0. The summed E-state index contributed by atoms with van der Waals surface area (Å²) in [6, 6.07) is 9.48. The van der Waals surface area contributed by atoms with E-state index < -0.39 is 0 Å². The summed E-state index contributed by atoms with van der Waals surface area (Å²) in [5.41, 5.74) is 12.8. The van der Waals surface area contributed by atoms with Gasteiger partial charge >= 0.3 is 0 Å².